The van der Waals surface area contributed by atoms with Gasteiger partial charge in [0.15, 0.2) is 0 Å². The van der Waals surface area contributed by atoms with Crippen LogP contribution in [-0.4, -0.2) is 33.7 Å². The van der Waals surface area contributed by atoms with E-state index in [1.54, 1.807) is 24.3 Å². The van der Waals surface area contributed by atoms with Gasteiger partial charge in [-0.2, -0.15) is 0 Å². The van der Waals surface area contributed by atoms with E-state index in [1.165, 1.54) is 26.4 Å². The lowest BCUT2D eigenvalue weighted by atomic mass is 10.2. The highest BCUT2D eigenvalue weighted by Gasteiger charge is 2.31. The van der Waals surface area contributed by atoms with E-state index in [4.69, 9.17) is 20.8 Å². The highest BCUT2D eigenvalue weighted by molar-refractivity contribution is 7.92. The summed E-state index contributed by atoms with van der Waals surface area (Å²) in [5, 5.41) is 2.97. The maximum absolute atomic E-state index is 12.5. The molecule has 9 heteroatoms. The van der Waals surface area contributed by atoms with Crippen LogP contribution in [0, 0.1) is 0 Å². The summed E-state index contributed by atoms with van der Waals surface area (Å²) in [4.78, 5) is 12.5. The van der Waals surface area contributed by atoms with Crippen LogP contribution in [-0.2, 0) is 21.4 Å². The molecule has 1 amide bonds. The number of nitrogens with one attached hydrogen (secondary N) is 1. The third-order valence-electron chi connectivity index (χ3n) is 3.48. The van der Waals surface area contributed by atoms with Crippen molar-refractivity contribution < 1.29 is 22.4 Å². The number of rotatable bonds is 7. The predicted octanol–water partition coefficient (Wildman–Crippen LogP) is 2.41. The lowest BCUT2D eigenvalue weighted by Gasteiger charge is -2.29. The van der Waals surface area contributed by atoms with Crippen LogP contribution in [0.4, 0.5) is 5.69 Å². The molecule has 136 valence electrons. The molecule has 0 radical (unpaired) electrons. The van der Waals surface area contributed by atoms with Crippen LogP contribution in [0.3, 0.4) is 0 Å². The lowest BCUT2D eigenvalue weighted by molar-refractivity contribution is -0.122. The third-order valence-corrected chi connectivity index (χ3v) is 4.95. The number of halogens is 1. The maximum atomic E-state index is 12.5. The topological polar surface area (TPSA) is 88.8 Å². The van der Waals surface area contributed by atoms with Crippen LogP contribution in [0.2, 0.25) is 5.02 Å². The molecule has 0 spiro atoms. The van der Waals surface area contributed by atoms with Gasteiger partial charge in [0, 0.05) is 5.02 Å². The van der Waals surface area contributed by atoms with Crippen molar-refractivity contribution in [2.75, 3.05) is 17.7 Å². The van der Waals surface area contributed by atoms with Gasteiger partial charge in [-0.15, -0.1) is 0 Å². The number of carbonyl (C=O) groups excluding carboxylic acids is 1. The Hall–Kier alpha value is -2.19. The molecule has 2 rings (SSSR count). The van der Waals surface area contributed by atoms with E-state index >= 15 is 0 Å². The number of hydrogen-bond donors (Lipinski definition) is 1. The third kappa shape index (κ3) is 4.67. The summed E-state index contributed by atoms with van der Waals surface area (Å²) in [6.45, 7) is 1.64. The van der Waals surface area contributed by atoms with Crippen molar-refractivity contribution in [1.29, 1.82) is 0 Å². The predicted molar refractivity (Wildman–Crippen MR) is 95.3 cm³/mol. The van der Waals surface area contributed by atoms with Crippen LogP contribution in [0.25, 0.3) is 0 Å². The highest BCUT2D eigenvalue weighted by Crippen LogP contribution is 2.34. The van der Waals surface area contributed by atoms with E-state index in [0.717, 1.165) is 10.6 Å². The molecule has 0 unspecified atom stereocenters. The number of nitrogens with zero attached hydrogens (tertiary/aromatic N) is 1. The van der Waals surface area contributed by atoms with Gasteiger partial charge in [0.2, 0.25) is 15.9 Å². The van der Waals surface area contributed by atoms with E-state index in [-0.39, 0.29) is 12.2 Å². The molecular formula is C16H19ClN2O5S. The van der Waals surface area contributed by atoms with E-state index in [9.17, 15) is 13.2 Å². The minimum Gasteiger partial charge on any atom is -0.495 e. The molecule has 7 nitrogen and oxygen atoms in total. The first kappa shape index (κ1) is 19.1. The Morgan fingerprint density at radius 2 is 2.12 bits per heavy atom. The molecule has 25 heavy (non-hydrogen) atoms. The molecule has 0 aliphatic carbocycles. The van der Waals surface area contributed by atoms with Gasteiger partial charge >= 0.3 is 0 Å². The molecular weight excluding hydrogens is 368 g/mol. The van der Waals surface area contributed by atoms with E-state index in [0.29, 0.717) is 16.5 Å². The van der Waals surface area contributed by atoms with Crippen LogP contribution >= 0.6 is 11.6 Å². The number of sulfonamides is 1. The van der Waals surface area contributed by atoms with Crippen molar-refractivity contribution >= 4 is 33.2 Å². The Kier molecular flexibility index (Phi) is 5.97. The monoisotopic (exact) mass is 386 g/mol. The first-order chi connectivity index (χ1) is 11.7. The molecule has 0 saturated carbocycles. The molecule has 1 heterocycles. The van der Waals surface area contributed by atoms with Crippen LogP contribution in [0.5, 0.6) is 5.75 Å². The number of ether oxygens (including phenoxy) is 1. The summed E-state index contributed by atoms with van der Waals surface area (Å²) < 4.78 is 36.0. The zero-order chi connectivity index (χ0) is 18.6. The lowest BCUT2D eigenvalue weighted by Crippen LogP contribution is -2.47. The first-order valence-electron chi connectivity index (χ1n) is 7.37. The summed E-state index contributed by atoms with van der Waals surface area (Å²) in [5.74, 6) is 0.371. The number of methoxy groups -OCH3 is 1. The van der Waals surface area contributed by atoms with Crippen molar-refractivity contribution in [3.05, 3.63) is 47.4 Å². The summed E-state index contributed by atoms with van der Waals surface area (Å²) in [6.07, 6.45) is 2.51. The standard InChI is InChI=1S/C16H19ClN2O5S/c1-11(16(20)18-10-13-5-4-8-24-13)19(25(3,21)22)14-9-12(17)6-7-15(14)23-2/h4-9,11H,10H2,1-3H3,(H,18,20)/t11-/m1/s1. The van der Waals surface area contributed by atoms with E-state index in [1.807, 2.05) is 0 Å². The zero-order valence-electron chi connectivity index (χ0n) is 14.0. The average molecular weight is 387 g/mol. The molecule has 2 aromatic rings. The van der Waals surface area contributed by atoms with Gasteiger partial charge in [-0.3, -0.25) is 9.10 Å². The smallest absolute Gasteiger partial charge is 0.244 e. The SMILES string of the molecule is COc1ccc(Cl)cc1N([C@H](C)C(=O)NCc1ccco1)S(C)(=O)=O. The Morgan fingerprint density at radius 1 is 1.40 bits per heavy atom. The maximum Gasteiger partial charge on any atom is 0.244 e. The fourth-order valence-corrected chi connectivity index (χ4v) is 3.69. The first-order valence-corrected chi connectivity index (χ1v) is 9.59. The van der Waals surface area contributed by atoms with E-state index < -0.39 is 22.0 Å². The second-order valence-electron chi connectivity index (χ2n) is 5.35. The number of benzene rings is 1. The summed E-state index contributed by atoms with van der Waals surface area (Å²) in [6, 6.07) is 6.95. The molecule has 0 aliphatic heterocycles. The van der Waals surface area contributed by atoms with Crippen molar-refractivity contribution in [3.8, 4) is 5.75 Å². The van der Waals surface area contributed by atoms with Gasteiger partial charge in [0.1, 0.15) is 17.6 Å². The Labute approximate surface area is 151 Å². The summed E-state index contributed by atoms with van der Waals surface area (Å²) >= 11 is 5.99. The molecule has 1 aromatic carbocycles. The van der Waals surface area contributed by atoms with Gasteiger partial charge < -0.3 is 14.5 Å². The van der Waals surface area contributed by atoms with Crippen LogP contribution in [0.15, 0.2) is 41.0 Å². The number of furan rings is 1. The molecule has 1 N–H and O–H groups in total. The second-order valence-corrected chi connectivity index (χ2v) is 7.64. The summed E-state index contributed by atoms with van der Waals surface area (Å²) in [5.41, 5.74) is 0.193. The average Bonchev–Trinajstić information content (AvgIpc) is 3.05. The zero-order valence-corrected chi connectivity index (χ0v) is 15.6. The Morgan fingerprint density at radius 3 is 2.68 bits per heavy atom. The Balaban J connectivity index is 2.31. The second kappa shape index (κ2) is 7.79. The minimum absolute atomic E-state index is 0.153. The van der Waals surface area contributed by atoms with Gasteiger partial charge in [-0.25, -0.2) is 8.42 Å². The number of amides is 1. The number of hydrogen-bond acceptors (Lipinski definition) is 5. The number of carbonyl (C=O) groups is 1. The minimum atomic E-state index is -3.77. The van der Waals surface area contributed by atoms with Crippen molar-refractivity contribution in [2.24, 2.45) is 0 Å². The fraction of sp³-hybridized carbons (Fsp3) is 0.312. The molecule has 0 fully saturated rings. The van der Waals surface area contributed by atoms with E-state index in [2.05, 4.69) is 5.32 Å². The Bertz CT molecular complexity index is 836. The molecule has 0 saturated heterocycles. The van der Waals surface area contributed by atoms with Gasteiger partial charge in [0.05, 0.1) is 31.9 Å². The highest BCUT2D eigenvalue weighted by atomic mass is 35.5. The van der Waals surface area contributed by atoms with Gasteiger partial charge in [0.25, 0.3) is 0 Å². The molecule has 1 aromatic heterocycles. The molecule has 1 atom stereocenters. The quantitative estimate of drug-likeness (QED) is 0.789. The van der Waals surface area contributed by atoms with Gasteiger partial charge in [-0.1, -0.05) is 11.6 Å². The molecule has 0 bridgehead atoms. The largest absolute Gasteiger partial charge is 0.495 e. The van der Waals surface area contributed by atoms with Gasteiger partial charge in [-0.05, 0) is 37.3 Å². The number of anilines is 1. The fourth-order valence-electron chi connectivity index (χ4n) is 2.35. The van der Waals surface area contributed by atoms with Crippen LogP contribution in [0.1, 0.15) is 12.7 Å². The molecule has 0 aliphatic rings. The van der Waals surface area contributed by atoms with Crippen molar-refractivity contribution in [3.63, 3.8) is 0 Å². The summed E-state index contributed by atoms with van der Waals surface area (Å²) in [7, 11) is -2.36. The van der Waals surface area contributed by atoms with Crippen LogP contribution < -0.4 is 14.4 Å². The normalized spacial score (nSPS) is 12.5. The van der Waals surface area contributed by atoms with Crippen molar-refractivity contribution in [2.45, 2.75) is 19.5 Å². The van der Waals surface area contributed by atoms with Crippen molar-refractivity contribution in [1.82, 2.24) is 5.32 Å².